The molecule has 0 amide bonds. The van der Waals surface area contributed by atoms with Crippen LogP contribution in [0.1, 0.15) is 19.4 Å². The first-order chi connectivity index (χ1) is 11.6. The van der Waals surface area contributed by atoms with E-state index in [9.17, 15) is 18.3 Å². The highest BCUT2D eigenvalue weighted by atomic mass is 19.4. The standard InChI is InChI=1S/C17H16F3N3O2/c1-16(2,24)9-23-10-21-13-7-8-14(22-15(13)23)25-12-5-3-11(4-6-12)17(18,19)20/h3-8,10,24H,9H2,1-2H3. The van der Waals surface area contributed by atoms with Gasteiger partial charge in [0.2, 0.25) is 5.88 Å². The second-order valence-electron chi connectivity index (χ2n) is 6.30. The lowest BCUT2D eigenvalue weighted by Gasteiger charge is -2.17. The van der Waals surface area contributed by atoms with E-state index in [0.717, 1.165) is 12.1 Å². The summed E-state index contributed by atoms with van der Waals surface area (Å²) in [5.74, 6) is 0.471. The maximum absolute atomic E-state index is 12.6. The molecule has 1 N–H and O–H groups in total. The van der Waals surface area contributed by atoms with Gasteiger partial charge in [0, 0.05) is 6.07 Å². The Bertz CT molecular complexity index is 881. The third-order valence-electron chi connectivity index (χ3n) is 3.40. The Morgan fingerprint density at radius 2 is 1.76 bits per heavy atom. The summed E-state index contributed by atoms with van der Waals surface area (Å²) in [5, 5.41) is 9.95. The van der Waals surface area contributed by atoms with Gasteiger partial charge >= 0.3 is 6.18 Å². The van der Waals surface area contributed by atoms with Gasteiger partial charge in [0.25, 0.3) is 0 Å². The van der Waals surface area contributed by atoms with E-state index in [1.807, 2.05) is 0 Å². The molecule has 0 aliphatic carbocycles. The molecule has 0 fully saturated rings. The van der Waals surface area contributed by atoms with Crippen LogP contribution >= 0.6 is 0 Å². The molecule has 0 saturated carbocycles. The summed E-state index contributed by atoms with van der Waals surface area (Å²) in [6.07, 6.45) is -2.82. The maximum Gasteiger partial charge on any atom is 0.416 e. The zero-order chi connectivity index (χ0) is 18.2. The number of nitrogens with zero attached hydrogens (tertiary/aromatic N) is 3. The van der Waals surface area contributed by atoms with Gasteiger partial charge in [-0.2, -0.15) is 18.2 Å². The molecule has 0 radical (unpaired) electrons. The fraction of sp³-hybridized carbons (Fsp3) is 0.294. The molecule has 0 saturated heterocycles. The number of hydrogen-bond donors (Lipinski definition) is 1. The van der Waals surface area contributed by atoms with Crippen molar-refractivity contribution in [3.05, 3.63) is 48.3 Å². The van der Waals surface area contributed by atoms with E-state index in [1.165, 1.54) is 12.1 Å². The molecule has 1 aromatic carbocycles. The maximum atomic E-state index is 12.6. The Kier molecular flexibility index (Phi) is 4.16. The minimum absolute atomic E-state index is 0.227. The molecule has 2 heterocycles. The molecule has 8 heteroatoms. The first-order valence-electron chi connectivity index (χ1n) is 7.51. The number of hydrogen-bond acceptors (Lipinski definition) is 4. The predicted molar refractivity (Wildman–Crippen MR) is 85.3 cm³/mol. The van der Waals surface area contributed by atoms with Crippen LogP contribution in [0.15, 0.2) is 42.7 Å². The van der Waals surface area contributed by atoms with E-state index in [-0.39, 0.29) is 11.6 Å². The summed E-state index contributed by atoms with van der Waals surface area (Å²) >= 11 is 0. The van der Waals surface area contributed by atoms with Crippen LogP contribution in [0.25, 0.3) is 11.2 Å². The van der Waals surface area contributed by atoms with Gasteiger partial charge in [0.15, 0.2) is 5.65 Å². The molecule has 0 bridgehead atoms. The van der Waals surface area contributed by atoms with E-state index >= 15 is 0 Å². The molecule has 0 spiro atoms. The summed E-state index contributed by atoms with van der Waals surface area (Å²) in [6, 6.07) is 7.66. The lowest BCUT2D eigenvalue weighted by Crippen LogP contribution is -2.25. The predicted octanol–water partition coefficient (Wildman–Crippen LogP) is 4.01. The van der Waals surface area contributed by atoms with E-state index in [2.05, 4.69) is 9.97 Å². The Hall–Kier alpha value is -2.61. The van der Waals surface area contributed by atoms with Crippen molar-refractivity contribution in [1.29, 1.82) is 0 Å². The topological polar surface area (TPSA) is 60.2 Å². The van der Waals surface area contributed by atoms with E-state index in [4.69, 9.17) is 4.74 Å². The molecule has 25 heavy (non-hydrogen) atoms. The largest absolute Gasteiger partial charge is 0.439 e. The minimum atomic E-state index is -4.39. The van der Waals surface area contributed by atoms with Crippen molar-refractivity contribution >= 4 is 11.2 Å². The average molecular weight is 351 g/mol. The summed E-state index contributed by atoms with van der Waals surface area (Å²) in [5.41, 5.74) is -0.540. The third kappa shape index (κ3) is 4.08. The van der Waals surface area contributed by atoms with Gasteiger partial charge in [-0.3, -0.25) is 0 Å². The zero-order valence-corrected chi connectivity index (χ0v) is 13.6. The van der Waals surface area contributed by atoms with Gasteiger partial charge in [-0.15, -0.1) is 0 Å². The number of pyridine rings is 1. The summed E-state index contributed by atoms with van der Waals surface area (Å²) < 4.78 is 45.0. The van der Waals surface area contributed by atoms with Crippen LogP contribution < -0.4 is 4.74 Å². The van der Waals surface area contributed by atoms with Crippen LogP contribution in [0.5, 0.6) is 11.6 Å². The molecular formula is C17H16F3N3O2. The number of alkyl halides is 3. The second kappa shape index (κ2) is 6.03. The van der Waals surface area contributed by atoms with E-state index in [1.54, 1.807) is 36.9 Å². The average Bonchev–Trinajstić information content (AvgIpc) is 2.88. The summed E-state index contributed by atoms with van der Waals surface area (Å²) in [4.78, 5) is 8.53. The van der Waals surface area contributed by atoms with Gasteiger partial charge in [0.1, 0.15) is 11.3 Å². The smallest absolute Gasteiger partial charge is 0.416 e. The summed E-state index contributed by atoms with van der Waals surface area (Å²) in [6.45, 7) is 3.63. The molecule has 0 aliphatic rings. The monoisotopic (exact) mass is 351 g/mol. The highest BCUT2D eigenvalue weighted by Gasteiger charge is 2.30. The van der Waals surface area contributed by atoms with Gasteiger partial charge in [-0.25, -0.2) is 4.98 Å². The fourth-order valence-corrected chi connectivity index (χ4v) is 2.34. The molecule has 3 aromatic rings. The number of fused-ring (bicyclic) bond motifs is 1. The van der Waals surface area contributed by atoms with Crippen LogP contribution in [-0.4, -0.2) is 25.2 Å². The van der Waals surface area contributed by atoms with Crippen molar-refractivity contribution in [3.8, 4) is 11.6 Å². The van der Waals surface area contributed by atoms with Crippen molar-refractivity contribution < 1.29 is 23.0 Å². The fourth-order valence-electron chi connectivity index (χ4n) is 2.34. The molecule has 0 unspecified atom stereocenters. The Labute approximate surface area is 141 Å². The molecule has 2 aromatic heterocycles. The zero-order valence-electron chi connectivity index (χ0n) is 13.6. The molecule has 0 aliphatic heterocycles. The van der Waals surface area contributed by atoms with Crippen molar-refractivity contribution in [2.75, 3.05) is 0 Å². The van der Waals surface area contributed by atoms with Gasteiger partial charge in [0.05, 0.1) is 24.0 Å². The van der Waals surface area contributed by atoms with Gasteiger partial charge in [-0.1, -0.05) is 0 Å². The van der Waals surface area contributed by atoms with Crippen molar-refractivity contribution in [1.82, 2.24) is 14.5 Å². The van der Waals surface area contributed by atoms with Crippen LogP contribution in [0.2, 0.25) is 0 Å². The highest BCUT2D eigenvalue weighted by molar-refractivity contribution is 5.71. The third-order valence-corrected chi connectivity index (χ3v) is 3.40. The molecular weight excluding hydrogens is 335 g/mol. The lowest BCUT2D eigenvalue weighted by atomic mass is 10.1. The van der Waals surface area contributed by atoms with Crippen molar-refractivity contribution in [2.24, 2.45) is 0 Å². The summed E-state index contributed by atoms with van der Waals surface area (Å²) in [7, 11) is 0. The number of aliphatic hydroxyl groups is 1. The number of halogens is 3. The van der Waals surface area contributed by atoms with Gasteiger partial charge < -0.3 is 14.4 Å². The first-order valence-corrected chi connectivity index (χ1v) is 7.51. The number of imidazole rings is 1. The van der Waals surface area contributed by atoms with E-state index in [0.29, 0.717) is 17.7 Å². The number of rotatable bonds is 4. The second-order valence-corrected chi connectivity index (χ2v) is 6.30. The van der Waals surface area contributed by atoms with Crippen LogP contribution in [0.3, 0.4) is 0 Å². The number of aromatic nitrogens is 3. The molecule has 5 nitrogen and oxygen atoms in total. The van der Waals surface area contributed by atoms with Crippen molar-refractivity contribution in [3.63, 3.8) is 0 Å². The Morgan fingerprint density at radius 3 is 2.36 bits per heavy atom. The van der Waals surface area contributed by atoms with Gasteiger partial charge in [-0.05, 0) is 44.2 Å². The van der Waals surface area contributed by atoms with Crippen LogP contribution in [0.4, 0.5) is 13.2 Å². The van der Waals surface area contributed by atoms with E-state index < -0.39 is 17.3 Å². The number of ether oxygens (including phenoxy) is 1. The highest BCUT2D eigenvalue weighted by Crippen LogP contribution is 2.31. The van der Waals surface area contributed by atoms with Crippen LogP contribution in [0, 0.1) is 0 Å². The quantitative estimate of drug-likeness (QED) is 0.771. The Balaban J connectivity index is 1.85. The van der Waals surface area contributed by atoms with Crippen LogP contribution in [-0.2, 0) is 12.7 Å². The first kappa shape index (κ1) is 17.2. The van der Waals surface area contributed by atoms with Crippen molar-refractivity contribution in [2.45, 2.75) is 32.2 Å². The molecule has 132 valence electrons. The lowest BCUT2D eigenvalue weighted by molar-refractivity contribution is -0.137. The Morgan fingerprint density at radius 1 is 1.08 bits per heavy atom. The number of benzene rings is 1. The molecule has 0 atom stereocenters. The minimum Gasteiger partial charge on any atom is -0.439 e. The normalized spacial score (nSPS) is 12.6. The molecule has 3 rings (SSSR count). The SMILES string of the molecule is CC(C)(O)Cn1cnc2ccc(Oc3ccc(C(F)(F)F)cc3)nc21.